The summed E-state index contributed by atoms with van der Waals surface area (Å²) in [5.41, 5.74) is 1.41. The molecule has 0 saturated heterocycles. The van der Waals surface area contributed by atoms with Gasteiger partial charge in [0.25, 0.3) is 0 Å². The molecule has 0 unspecified atom stereocenters. The van der Waals surface area contributed by atoms with Crippen LogP contribution in [0.4, 0.5) is 0 Å². The van der Waals surface area contributed by atoms with E-state index in [1.807, 2.05) is 13.0 Å². The summed E-state index contributed by atoms with van der Waals surface area (Å²) in [6, 6.07) is 8.40. The number of benzene rings is 1. The minimum atomic E-state index is -1.07. The third-order valence-electron chi connectivity index (χ3n) is 2.58. The minimum absolute atomic E-state index is 0.00951. The summed E-state index contributed by atoms with van der Waals surface area (Å²) >= 11 is 9.46. The van der Waals surface area contributed by atoms with Crippen molar-refractivity contribution in [3.8, 4) is 5.75 Å². The van der Waals surface area contributed by atoms with Crippen molar-refractivity contribution in [2.75, 3.05) is 0 Å². The molecule has 0 aliphatic heterocycles. The van der Waals surface area contributed by atoms with E-state index in [0.29, 0.717) is 16.5 Å². The maximum atomic E-state index is 10.8. The van der Waals surface area contributed by atoms with Crippen LogP contribution in [0.2, 0.25) is 5.02 Å². The Labute approximate surface area is 129 Å². The zero-order valence-corrected chi connectivity index (χ0v) is 12.9. The number of carboxylic acids is 1. The van der Waals surface area contributed by atoms with Gasteiger partial charge in [0.2, 0.25) is 0 Å². The first kappa shape index (κ1) is 14.8. The zero-order valence-electron chi connectivity index (χ0n) is 10.6. The van der Waals surface area contributed by atoms with Crippen molar-refractivity contribution >= 4 is 33.5 Å². The van der Waals surface area contributed by atoms with Gasteiger partial charge in [-0.25, -0.2) is 9.78 Å². The predicted molar refractivity (Wildman–Crippen MR) is 79.4 cm³/mol. The molecule has 4 nitrogen and oxygen atoms in total. The Bertz CT molecular complexity index is 638. The average Bonchev–Trinajstić information content (AvgIpc) is 2.37. The highest BCUT2D eigenvalue weighted by atomic mass is 79.9. The number of nitrogens with zero attached hydrogens (tertiary/aromatic N) is 1. The monoisotopic (exact) mass is 355 g/mol. The number of hydrogen-bond donors (Lipinski definition) is 1. The summed E-state index contributed by atoms with van der Waals surface area (Å²) < 4.78 is 6.51. The normalized spacial score (nSPS) is 10.3. The zero-order chi connectivity index (χ0) is 14.7. The third kappa shape index (κ3) is 3.49. The molecular weight excluding hydrogens is 346 g/mol. The van der Waals surface area contributed by atoms with Crippen LogP contribution < -0.4 is 4.74 Å². The third-order valence-corrected chi connectivity index (χ3v) is 3.32. The van der Waals surface area contributed by atoms with Crippen LogP contribution in [0.25, 0.3) is 0 Å². The first-order valence-electron chi connectivity index (χ1n) is 5.75. The molecule has 2 rings (SSSR count). The van der Waals surface area contributed by atoms with E-state index >= 15 is 0 Å². The molecular formula is C14H11BrClNO3. The van der Waals surface area contributed by atoms with Crippen molar-refractivity contribution < 1.29 is 14.6 Å². The summed E-state index contributed by atoms with van der Waals surface area (Å²) in [4.78, 5) is 14.8. The Hall–Kier alpha value is -1.59. The smallest absolute Gasteiger partial charge is 0.354 e. The van der Waals surface area contributed by atoms with E-state index in [-0.39, 0.29) is 12.3 Å². The fourth-order valence-corrected chi connectivity index (χ4v) is 2.72. The van der Waals surface area contributed by atoms with Crippen LogP contribution in [0, 0.1) is 6.92 Å². The van der Waals surface area contributed by atoms with Crippen molar-refractivity contribution in [2.24, 2.45) is 0 Å². The van der Waals surface area contributed by atoms with Crippen LogP contribution in [-0.4, -0.2) is 16.1 Å². The predicted octanol–water partition coefficient (Wildman–Crippen LogP) is 4.08. The standard InChI is InChI=1S/C14H11BrClNO3/c1-8-5-9(15)6-11(16)13(8)20-7-10-3-2-4-12(17-10)14(18)19/h2-6H,7H2,1H3,(H,18,19). The molecule has 0 aliphatic rings. The lowest BCUT2D eigenvalue weighted by Gasteiger charge is -2.11. The average molecular weight is 357 g/mol. The molecule has 1 aromatic heterocycles. The van der Waals surface area contributed by atoms with Crippen molar-refractivity contribution in [2.45, 2.75) is 13.5 Å². The molecule has 1 heterocycles. The van der Waals surface area contributed by atoms with Crippen LogP contribution in [0.1, 0.15) is 21.7 Å². The van der Waals surface area contributed by atoms with Crippen LogP contribution >= 0.6 is 27.5 Å². The number of aryl methyl sites for hydroxylation is 1. The highest BCUT2D eigenvalue weighted by molar-refractivity contribution is 9.10. The van der Waals surface area contributed by atoms with E-state index in [2.05, 4.69) is 20.9 Å². The molecule has 0 bridgehead atoms. The van der Waals surface area contributed by atoms with Gasteiger partial charge < -0.3 is 9.84 Å². The molecule has 0 saturated carbocycles. The van der Waals surface area contributed by atoms with Crippen molar-refractivity contribution in [3.05, 3.63) is 56.8 Å². The summed E-state index contributed by atoms with van der Waals surface area (Å²) in [5.74, 6) is -0.498. The molecule has 0 aliphatic carbocycles. The van der Waals surface area contributed by atoms with Crippen molar-refractivity contribution in [1.82, 2.24) is 4.98 Å². The van der Waals surface area contributed by atoms with Crippen molar-refractivity contribution in [1.29, 1.82) is 0 Å². The van der Waals surface area contributed by atoms with E-state index < -0.39 is 5.97 Å². The number of rotatable bonds is 4. The van der Waals surface area contributed by atoms with Gasteiger partial charge >= 0.3 is 5.97 Å². The van der Waals surface area contributed by atoms with Crippen LogP contribution in [-0.2, 0) is 6.61 Å². The molecule has 6 heteroatoms. The van der Waals surface area contributed by atoms with Gasteiger partial charge in [0, 0.05) is 4.47 Å². The number of pyridine rings is 1. The first-order chi connectivity index (χ1) is 9.47. The topological polar surface area (TPSA) is 59.4 Å². The van der Waals surface area contributed by atoms with E-state index in [9.17, 15) is 4.79 Å². The molecule has 0 radical (unpaired) electrons. The SMILES string of the molecule is Cc1cc(Br)cc(Cl)c1OCc1cccc(C(=O)O)n1. The fourth-order valence-electron chi connectivity index (χ4n) is 1.70. The lowest BCUT2D eigenvalue weighted by Crippen LogP contribution is -2.05. The number of ether oxygens (including phenoxy) is 1. The Morgan fingerprint density at radius 2 is 2.20 bits per heavy atom. The molecule has 0 spiro atoms. The van der Waals surface area contributed by atoms with E-state index in [4.69, 9.17) is 21.4 Å². The lowest BCUT2D eigenvalue weighted by molar-refractivity contribution is 0.0690. The van der Waals surface area contributed by atoms with E-state index in [1.165, 1.54) is 6.07 Å². The molecule has 1 N–H and O–H groups in total. The molecule has 0 amide bonds. The number of halogens is 2. The Kier molecular flexibility index (Phi) is 4.62. The van der Waals surface area contributed by atoms with Crippen LogP contribution in [0.3, 0.4) is 0 Å². The van der Waals surface area contributed by atoms with Gasteiger partial charge in [0.1, 0.15) is 18.1 Å². The van der Waals surface area contributed by atoms with Crippen LogP contribution in [0.5, 0.6) is 5.75 Å². The van der Waals surface area contributed by atoms with Gasteiger partial charge in [-0.3, -0.25) is 0 Å². The minimum Gasteiger partial charge on any atom is -0.485 e. The van der Waals surface area contributed by atoms with E-state index in [0.717, 1.165) is 10.0 Å². The summed E-state index contributed by atoms with van der Waals surface area (Å²) in [6.07, 6.45) is 0. The second-order valence-corrected chi connectivity index (χ2v) is 5.46. The number of carboxylic acid groups (broad SMARTS) is 1. The van der Waals surface area contributed by atoms with Gasteiger partial charge in [-0.05, 0) is 36.8 Å². The maximum absolute atomic E-state index is 10.8. The largest absolute Gasteiger partial charge is 0.485 e. The summed E-state index contributed by atoms with van der Waals surface area (Å²) in [5, 5.41) is 9.38. The molecule has 2 aromatic rings. The first-order valence-corrected chi connectivity index (χ1v) is 6.92. The number of hydrogen-bond acceptors (Lipinski definition) is 3. The highest BCUT2D eigenvalue weighted by Gasteiger charge is 2.09. The van der Waals surface area contributed by atoms with Gasteiger partial charge in [0.05, 0.1) is 10.7 Å². The van der Waals surface area contributed by atoms with Crippen LogP contribution in [0.15, 0.2) is 34.8 Å². The van der Waals surface area contributed by atoms with Gasteiger partial charge in [-0.1, -0.05) is 33.6 Å². The van der Waals surface area contributed by atoms with Crippen molar-refractivity contribution in [3.63, 3.8) is 0 Å². The second-order valence-electron chi connectivity index (χ2n) is 4.14. The maximum Gasteiger partial charge on any atom is 0.354 e. The molecule has 20 heavy (non-hydrogen) atoms. The quantitative estimate of drug-likeness (QED) is 0.896. The Morgan fingerprint density at radius 1 is 1.45 bits per heavy atom. The highest BCUT2D eigenvalue weighted by Crippen LogP contribution is 2.32. The van der Waals surface area contributed by atoms with Gasteiger partial charge in [-0.2, -0.15) is 0 Å². The molecule has 0 atom stereocenters. The van der Waals surface area contributed by atoms with Gasteiger partial charge in [-0.15, -0.1) is 0 Å². The second kappa shape index (κ2) is 6.24. The molecule has 0 fully saturated rings. The Morgan fingerprint density at radius 3 is 2.85 bits per heavy atom. The Balaban J connectivity index is 2.17. The number of carbonyl (C=O) groups is 1. The summed E-state index contributed by atoms with van der Waals surface area (Å²) in [6.45, 7) is 2.04. The van der Waals surface area contributed by atoms with Gasteiger partial charge in [0.15, 0.2) is 0 Å². The van der Waals surface area contributed by atoms with E-state index in [1.54, 1.807) is 18.2 Å². The number of aromatic nitrogens is 1. The lowest BCUT2D eigenvalue weighted by atomic mass is 10.2. The fraction of sp³-hybridized carbons (Fsp3) is 0.143. The molecule has 104 valence electrons. The number of aromatic carboxylic acids is 1. The summed E-state index contributed by atoms with van der Waals surface area (Å²) in [7, 11) is 0. The molecule has 1 aromatic carbocycles.